The van der Waals surface area contributed by atoms with Gasteiger partial charge in [0.1, 0.15) is 12.4 Å². The minimum Gasteiger partial charge on any atom is -0.492 e. The van der Waals surface area contributed by atoms with Gasteiger partial charge in [-0.1, -0.05) is 36.4 Å². The summed E-state index contributed by atoms with van der Waals surface area (Å²) in [5.41, 5.74) is 1.35. The van der Waals surface area contributed by atoms with Crippen LogP contribution in [0.15, 0.2) is 78.9 Å². The highest BCUT2D eigenvalue weighted by Gasteiger charge is 2.42. The van der Waals surface area contributed by atoms with Crippen LogP contribution in [-0.2, 0) is 17.4 Å². The number of carbonyl (C=O) groups is 1. The Morgan fingerprint density at radius 2 is 1.69 bits per heavy atom. The zero-order valence-electron chi connectivity index (χ0n) is 19.7. The number of alkyl halides is 3. The van der Waals surface area contributed by atoms with E-state index in [1.54, 1.807) is 6.07 Å². The third-order valence-corrected chi connectivity index (χ3v) is 6.92. The molecule has 2 unspecified atom stereocenters. The molecule has 0 spiro atoms. The van der Waals surface area contributed by atoms with Crippen molar-refractivity contribution in [1.82, 2.24) is 4.90 Å². The van der Waals surface area contributed by atoms with Crippen molar-refractivity contribution >= 4 is 17.3 Å². The van der Waals surface area contributed by atoms with Gasteiger partial charge in [0.05, 0.1) is 17.5 Å². The van der Waals surface area contributed by atoms with Gasteiger partial charge in [-0.25, -0.2) is 0 Å². The monoisotopic (exact) mass is 495 g/mol. The fraction of sp³-hybridized carbons (Fsp3) is 0.321. The number of carbonyl (C=O) groups excluding carboxylic acids is 1. The molecule has 8 heteroatoms. The highest BCUT2D eigenvalue weighted by molar-refractivity contribution is 5.94. The largest absolute Gasteiger partial charge is 0.492 e. The first-order valence-electron chi connectivity index (χ1n) is 12.1. The molecule has 1 saturated heterocycles. The standard InChI is InChI=1S/C28H28F3N3O2/c29-28(30,31)21-11-12-25-20(17-21)18-24(27(35)32-22-7-3-1-4-8-22)26-19-33(13-14-34(25)26)15-16-36-23-9-5-2-6-10-23/h1-12,17,24,26H,13-16,18-19H2,(H,32,35). The van der Waals surface area contributed by atoms with Crippen molar-refractivity contribution in [3.8, 4) is 5.75 Å². The van der Waals surface area contributed by atoms with Crippen LogP contribution in [0, 0.1) is 5.92 Å². The number of halogens is 3. The van der Waals surface area contributed by atoms with Gasteiger partial charge in [-0.15, -0.1) is 0 Å². The Hall–Kier alpha value is -3.52. The number of rotatable bonds is 6. The zero-order valence-corrected chi connectivity index (χ0v) is 19.7. The fourth-order valence-electron chi connectivity index (χ4n) is 5.13. The Bertz CT molecular complexity index is 1190. The van der Waals surface area contributed by atoms with Crippen LogP contribution in [0.1, 0.15) is 11.1 Å². The number of nitrogens with zero attached hydrogens (tertiary/aromatic N) is 2. The van der Waals surface area contributed by atoms with Crippen molar-refractivity contribution < 1.29 is 22.7 Å². The lowest BCUT2D eigenvalue weighted by Crippen LogP contribution is -2.60. The van der Waals surface area contributed by atoms with Crippen molar-refractivity contribution in [3.63, 3.8) is 0 Å². The first-order valence-corrected chi connectivity index (χ1v) is 12.1. The molecule has 1 N–H and O–H groups in total. The molecule has 0 bridgehead atoms. The van der Waals surface area contributed by atoms with E-state index < -0.39 is 17.7 Å². The highest BCUT2D eigenvalue weighted by Crippen LogP contribution is 2.40. The maximum Gasteiger partial charge on any atom is 0.416 e. The summed E-state index contributed by atoms with van der Waals surface area (Å²) < 4.78 is 46.1. The summed E-state index contributed by atoms with van der Waals surface area (Å²) in [6.07, 6.45) is -4.17. The second-order valence-electron chi connectivity index (χ2n) is 9.23. The Kier molecular flexibility index (Phi) is 6.87. The Balaban J connectivity index is 1.36. The number of hydrogen-bond donors (Lipinski definition) is 1. The van der Waals surface area contributed by atoms with Gasteiger partial charge < -0.3 is 15.0 Å². The van der Waals surface area contributed by atoms with Gasteiger partial charge in [0.2, 0.25) is 5.91 Å². The van der Waals surface area contributed by atoms with Crippen LogP contribution in [0.25, 0.3) is 0 Å². The number of amides is 1. The van der Waals surface area contributed by atoms with E-state index in [1.165, 1.54) is 6.07 Å². The van der Waals surface area contributed by atoms with Gasteiger partial charge in [0.25, 0.3) is 0 Å². The van der Waals surface area contributed by atoms with Crippen molar-refractivity contribution in [3.05, 3.63) is 90.0 Å². The summed E-state index contributed by atoms with van der Waals surface area (Å²) in [5.74, 6) is 0.143. The molecule has 2 aliphatic rings. The quantitative estimate of drug-likeness (QED) is 0.518. The summed E-state index contributed by atoms with van der Waals surface area (Å²) in [6, 6.07) is 22.5. The van der Waals surface area contributed by atoms with E-state index in [4.69, 9.17) is 4.74 Å². The molecule has 1 fully saturated rings. The van der Waals surface area contributed by atoms with Gasteiger partial charge in [0.15, 0.2) is 0 Å². The first kappa shape index (κ1) is 24.2. The predicted octanol–water partition coefficient (Wildman–Crippen LogP) is 5.09. The number of fused-ring (bicyclic) bond motifs is 3. The molecule has 188 valence electrons. The van der Waals surface area contributed by atoms with Gasteiger partial charge >= 0.3 is 6.18 Å². The third-order valence-electron chi connectivity index (χ3n) is 6.92. The topological polar surface area (TPSA) is 44.8 Å². The number of anilines is 2. The molecule has 3 aromatic carbocycles. The van der Waals surface area contributed by atoms with E-state index in [0.29, 0.717) is 37.5 Å². The summed E-state index contributed by atoms with van der Waals surface area (Å²) >= 11 is 0. The van der Waals surface area contributed by atoms with E-state index >= 15 is 0 Å². The van der Waals surface area contributed by atoms with Crippen LogP contribution in [0.3, 0.4) is 0 Å². The van der Waals surface area contributed by atoms with Crippen LogP contribution in [0.4, 0.5) is 24.5 Å². The molecular weight excluding hydrogens is 467 g/mol. The molecular formula is C28H28F3N3O2. The van der Waals surface area contributed by atoms with Crippen LogP contribution in [0.2, 0.25) is 0 Å². The third kappa shape index (κ3) is 5.33. The number of ether oxygens (including phenoxy) is 1. The summed E-state index contributed by atoms with van der Waals surface area (Å²) in [7, 11) is 0. The molecule has 2 heterocycles. The molecule has 0 aliphatic carbocycles. The molecule has 3 aromatic rings. The van der Waals surface area contributed by atoms with E-state index in [2.05, 4.69) is 15.1 Å². The predicted molar refractivity (Wildman–Crippen MR) is 133 cm³/mol. The minimum atomic E-state index is -4.43. The van der Waals surface area contributed by atoms with Crippen molar-refractivity contribution in [2.24, 2.45) is 5.92 Å². The summed E-state index contributed by atoms with van der Waals surface area (Å²) in [5, 5.41) is 2.97. The minimum absolute atomic E-state index is 0.150. The fourth-order valence-corrected chi connectivity index (χ4v) is 5.13. The smallest absolute Gasteiger partial charge is 0.416 e. The van der Waals surface area contributed by atoms with Crippen molar-refractivity contribution in [1.29, 1.82) is 0 Å². The maximum absolute atomic E-state index is 13.4. The van der Waals surface area contributed by atoms with Crippen LogP contribution in [-0.4, -0.2) is 49.6 Å². The van der Waals surface area contributed by atoms with Crippen molar-refractivity contribution in [2.45, 2.75) is 18.6 Å². The molecule has 5 nitrogen and oxygen atoms in total. The molecule has 0 radical (unpaired) electrons. The Labute approximate surface area is 208 Å². The lowest BCUT2D eigenvalue weighted by atomic mass is 9.82. The van der Waals surface area contributed by atoms with Gasteiger partial charge in [-0.05, 0) is 54.4 Å². The van der Waals surface area contributed by atoms with E-state index in [0.717, 1.165) is 24.0 Å². The van der Waals surface area contributed by atoms with Gasteiger partial charge in [0, 0.05) is 37.6 Å². The SMILES string of the molecule is O=C(Nc1ccccc1)C1Cc2cc(C(F)(F)F)ccc2N2CCN(CCOc3ccccc3)CC12. The van der Waals surface area contributed by atoms with Crippen LogP contribution >= 0.6 is 0 Å². The molecule has 2 atom stereocenters. The molecule has 2 aliphatic heterocycles. The number of hydrogen-bond acceptors (Lipinski definition) is 4. The number of benzene rings is 3. The molecule has 1 amide bonds. The average molecular weight is 496 g/mol. The lowest BCUT2D eigenvalue weighted by Gasteiger charge is -2.49. The van der Waals surface area contributed by atoms with Gasteiger partial charge in [-0.3, -0.25) is 9.69 Å². The lowest BCUT2D eigenvalue weighted by molar-refractivity contribution is -0.137. The second-order valence-corrected chi connectivity index (χ2v) is 9.23. The van der Waals surface area contributed by atoms with Gasteiger partial charge in [-0.2, -0.15) is 13.2 Å². The molecule has 36 heavy (non-hydrogen) atoms. The highest BCUT2D eigenvalue weighted by atomic mass is 19.4. The van der Waals surface area contributed by atoms with Crippen molar-refractivity contribution in [2.75, 3.05) is 43.0 Å². The van der Waals surface area contributed by atoms with E-state index in [1.807, 2.05) is 60.7 Å². The normalized spacial score (nSPS) is 19.8. The summed E-state index contributed by atoms with van der Waals surface area (Å²) in [4.78, 5) is 17.8. The number of para-hydroxylation sites is 2. The van der Waals surface area contributed by atoms with E-state index in [-0.39, 0.29) is 18.4 Å². The van der Waals surface area contributed by atoms with Crippen LogP contribution in [0.5, 0.6) is 5.75 Å². The molecule has 5 rings (SSSR count). The summed E-state index contributed by atoms with van der Waals surface area (Å²) in [6.45, 7) is 3.21. The number of nitrogens with one attached hydrogen (secondary N) is 1. The maximum atomic E-state index is 13.4. The molecule has 0 saturated carbocycles. The molecule has 0 aromatic heterocycles. The Morgan fingerprint density at radius 3 is 2.42 bits per heavy atom. The Morgan fingerprint density at radius 1 is 0.972 bits per heavy atom. The van der Waals surface area contributed by atoms with Crippen LogP contribution < -0.4 is 15.0 Å². The average Bonchev–Trinajstić information content (AvgIpc) is 2.88. The van der Waals surface area contributed by atoms with E-state index in [9.17, 15) is 18.0 Å². The zero-order chi connectivity index (χ0) is 25.1. The first-order chi connectivity index (χ1) is 17.4. The number of piperazine rings is 1. The second kappa shape index (κ2) is 10.2.